The van der Waals surface area contributed by atoms with E-state index in [0.29, 0.717) is 11.3 Å². The Kier molecular flexibility index (Phi) is 5.77. The van der Waals surface area contributed by atoms with Gasteiger partial charge in [-0.25, -0.2) is 9.29 Å². The van der Waals surface area contributed by atoms with Crippen LogP contribution in [0.5, 0.6) is 0 Å². The standard InChI is InChI=1S/C25H18FN3O3/c26-20-10-8-19(9-11-20)24(31)28(16-18-4-2-1-3-5-18)22-14-23(30)29(25(22)32)21-12-6-17(15-27)7-13-21/h1-13,22H,14,16H2. The molecule has 6 nitrogen and oxygen atoms in total. The minimum atomic E-state index is -1.00. The third-order valence-electron chi connectivity index (χ3n) is 5.30. The maximum atomic E-state index is 13.4. The summed E-state index contributed by atoms with van der Waals surface area (Å²) in [7, 11) is 0. The molecule has 0 aliphatic carbocycles. The van der Waals surface area contributed by atoms with Gasteiger partial charge in [0.15, 0.2) is 0 Å². The third-order valence-corrected chi connectivity index (χ3v) is 5.30. The predicted molar refractivity (Wildman–Crippen MR) is 115 cm³/mol. The minimum Gasteiger partial charge on any atom is -0.322 e. The maximum Gasteiger partial charge on any atom is 0.257 e. The molecule has 7 heteroatoms. The van der Waals surface area contributed by atoms with Gasteiger partial charge >= 0.3 is 0 Å². The summed E-state index contributed by atoms with van der Waals surface area (Å²) in [5, 5.41) is 8.97. The van der Waals surface area contributed by atoms with Gasteiger partial charge in [-0.15, -0.1) is 0 Å². The topological polar surface area (TPSA) is 81.5 Å². The Morgan fingerprint density at radius 1 is 1.00 bits per heavy atom. The van der Waals surface area contributed by atoms with Gasteiger partial charge in [0.05, 0.1) is 23.7 Å². The molecule has 1 atom stereocenters. The van der Waals surface area contributed by atoms with Crippen LogP contribution in [0, 0.1) is 17.1 Å². The van der Waals surface area contributed by atoms with Crippen LogP contribution in [0.3, 0.4) is 0 Å². The van der Waals surface area contributed by atoms with E-state index in [9.17, 15) is 18.8 Å². The first-order valence-electron chi connectivity index (χ1n) is 9.95. The summed E-state index contributed by atoms with van der Waals surface area (Å²) < 4.78 is 13.4. The summed E-state index contributed by atoms with van der Waals surface area (Å²) in [4.78, 5) is 41.8. The lowest BCUT2D eigenvalue weighted by Gasteiger charge is -2.28. The highest BCUT2D eigenvalue weighted by Gasteiger charge is 2.44. The number of anilines is 1. The quantitative estimate of drug-likeness (QED) is 0.582. The van der Waals surface area contributed by atoms with E-state index in [1.165, 1.54) is 53.4 Å². The number of nitrogens with zero attached hydrogens (tertiary/aromatic N) is 3. The van der Waals surface area contributed by atoms with Crippen molar-refractivity contribution >= 4 is 23.4 Å². The summed E-state index contributed by atoms with van der Waals surface area (Å²) in [6.07, 6.45) is -0.168. The van der Waals surface area contributed by atoms with Crippen LogP contribution >= 0.6 is 0 Å². The number of carbonyl (C=O) groups is 3. The summed E-state index contributed by atoms with van der Waals surface area (Å²) in [6, 6.07) is 21.3. The molecule has 1 fully saturated rings. The van der Waals surface area contributed by atoms with Gasteiger partial charge in [-0.05, 0) is 54.1 Å². The zero-order chi connectivity index (χ0) is 22.7. The fourth-order valence-electron chi connectivity index (χ4n) is 3.68. The summed E-state index contributed by atoms with van der Waals surface area (Å²) >= 11 is 0. The molecule has 1 heterocycles. The Morgan fingerprint density at radius 2 is 1.66 bits per heavy atom. The molecule has 0 aromatic heterocycles. The van der Waals surface area contributed by atoms with Crippen molar-refractivity contribution in [2.24, 2.45) is 0 Å². The van der Waals surface area contributed by atoms with Gasteiger partial charge in [0.25, 0.3) is 11.8 Å². The van der Waals surface area contributed by atoms with Crippen LogP contribution in [0.4, 0.5) is 10.1 Å². The number of imide groups is 1. The van der Waals surface area contributed by atoms with Crippen LogP contribution < -0.4 is 4.90 Å². The Bertz CT molecular complexity index is 1200. The number of carbonyl (C=O) groups excluding carboxylic acids is 3. The minimum absolute atomic E-state index is 0.113. The van der Waals surface area contributed by atoms with Gasteiger partial charge in [0, 0.05) is 12.1 Å². The largest absolute Gasteiger partial charge is 0.322 e. The lowest BCUT2D eigenvalue weighted by molar-refractivity contribution is -0.122. The van der Waals surface area contributed by atoms with Crippen LogP contribution in [0.2, 0.25) is 0 Å². The second-order valence-corrected chi connectivity index (χ2v) is 7.37. The zero-order valence-corrected chi connectivity index (χ0v) is 16.9. The van der Waals surface area contributed by atoms with Crippen LogP contribution in [-0.2, 0) is 16.1 Å². The molecule has 3 aromatic carbocycles. The van der Waals surface area contributed by atoms with Gasteiger partial charge in [-0.2, -0.15) is 5.26 Å². The van der Waals surface area contributed by atoms with Gasteiger partial charge in [0.2, 0.25) is 5.91 Å². The molecule has 0 saturated carbocycles. The molecular formula is C25H18FN3O3. The molecule has 1 aliphatic heterocycles. The van der Waals surface area contributed by atoms with E-state index in [1.807, 2.05) is 36.4 Å². The number of benzene rings is 3. The predicted octanol–water partition coefficient (Wildman–Crippen LogP) is 3.67. The van der Waals surface area contributed by atoms with E-state index in [2.05, 4.69) is 0 Å². The third kappa shape index (κ3) is 4.12. The van der Waals surface area contributed by atoms with Crippen molar-refractivity contribution in [3.63, 3.8) is 0 Å². The average molecular weight is 427 g/mol. The molecular weight excluding hydrogens is 409 g/mol. The molecule has 0 radical (unpaired) electrons. The van der Waals surface area contributed by atoms with E-state index < -0.39 is 29.6 Å². The highest BCUT2D eigenvalue weighted by Crippen LogP contribution is 2.28. The smallest absolute Gasteiger partial charge is 0.257 e. The second kappa shape index (κ2) is 8.82. The van der Waals surface area contributed by atoms with Crippen molar-refractivity contribution in [1.82, 2.24) is 4.90 Å². The Labute approximate surface area is 184 Å². The lowest BCUT2D eigenvalue weighted by Crippen LogP contribution is -2.45. The van der Waals surface area contributed by atoms with E-state index in [0.717, 1.165) is 10.5 Å². The van der Waals surface area contributed by atoms with Gasteiger partial charge < -0.3 is 4.90 Å². The first-order valence-corrected chi connectivity index (χ1v) is 9.95. The van der Waals surface area contributed by atoms with Gasteiger partial charge in [0.1, 0.15) is 11.9 Å². The molecule has 1 saturated heterocycles. The van der Waals surface area contributed by atoms with Crippen molar-refractivity contribution in [1.29, 1.82) is 5.26 Å². The number of rotatable bonds is 5. The summed E-state index contributed by atoms with van der Waals surface area (Å²) in [6.45, 7) is 0.113. The fourth-order valence-corrected chi connectivity index (χ4v) is 3.68. The Morgan fingerprint density at radius 3 is 2.28 bits per heavy atom. The normalized spacial score (nSPS) is 15.5. The molecule has 1 unspecified atom stereocenters. The summed E-state index contributed by atoms with van der Waals surface area (Å²) in [5.41, 5.74) is 1.76. The molecule has 3 aromatic rings. The van der Waals surface area contributed by atoms with Crippen LogP contribution in [0.1, 0.15) is 27.9 Å². The average Bonchev–Trinajstić information content (AvgIpc) is 3.11. The number of halogens is 1. The molecule has 158 valence electrons. The van der Waals surface area contributed by atoms with Gasteiger partial charge in [-0.3, -0.25) is 14.4 Å². The molecule has 0 spiro atoms. The number of amides is 3. The van der Waals surface area contributed by atoms with E-state index in [1.54, 1.807) is 0 Å². The SMILES string of the molecule is N#Cc1ccc(N2C(=O)CC(N(Cc3ccccc3)C(=O)c3ccc(F)cc3)C2=O)cc1. The monoisotopic (exact) mass is 427 g/mol. The molecule has 1 aliphatic rings. The van der Waals surface area contributed by atoms with Crippen LogP contribution in [0.25, 0.3) is 0 Å². The molecule has 0 N–H and O–H groups in total. The van der Waals surface area contributed by atoms with Crippen LogP contribution in [-0.4, -0.2) is 28.7 Å². The van der Waals surface area contributed by atoms with Crippen molar-refractivity contribution in [3.8, 4) is 6.07 Å². The number of nitriles is 1. The fraction of sp³-hybridized carbons (Fsp3) is 0.120. The molecule has 4 rings (SSSR count). The maximum absolute atomic E-state index is 13.4. The van der Waals surface area contributed by atoms with E-state index >= 15 is 0 Å². The Balaban J connectivity index is 1.67. The highest BCUT2D eigenvalue weighted by molar-refractivity contribution is 6.23. The first-order chi connectivity index (χ1) is 15.5. The Hall–Kier alpha value is -4.31. The zero-order valence-electron chi connectivity index (χ0n) is 16.9. The molecule has 3 amide bonds. The summed E-state index contributed by atoms with van der Waals surface area (Å²) in [5.74, 6) is -1.90. The lowest BCUT2D eigenvalue weighted by atomic mass is 10.1. The number of hydrogen-bond donors (Lipinski definition) is 0. The van der Waals surface area contributed by atoms with E-state index in [-0.39, 0.29) is 18.5 Å². The van der Waals surface area contributed by atoms with Crippen LogP contribution in [0.15, 0.2) is 78.9 Å². The van der Waals surface area contributed by atoms with Gasteiger partial charge in [-0.1, -0.05) is 30.3 Å². The van der Waals surface area contributed by atoms with Crippen molar-refractivity contribution in [2.75, 3.05) is 4.90 Å². The van der Waals surface area contributed by atoms with Crippen molar-refractivity contribution in [3.05, 3.63) is 101 Å². The highest BCUT2D eigenvalue weighted by atomic mass is 19.1. The first kappa shape index (κ1) is 20.9. The second-order valence-electron chi connectivity index (χ2n) is 7.37. The van der Waals surface area contributed by atoms with Crippen molar-refractivity contribution < 1.29 is 18.8 Å². The number of hydrogen-bond acceptors (Lipinski definition) is 4. The molecule has 32 heavy (non-hydrogen) atoms. The molecule has 0 bridgehead atoms. The van der Waals surface area contributed by atoms with Crippen molar-refractivity contribution in [2.45, 2.75) is 19.0 Å². The van der Waals surface area contributed by atoms with E-state index in [4.69, 9.17) is 5.26 Å².